The van der Waals surface area contributed by atoms with Gasteiger partial charge in [0.1, 0.15) is 16.3 Å². The van der Waals surface area contributed by atoms with Gasteiger partial charge >= 0.3 is 5.97 Å². The third-order valence-electron chi connectivity index (χ3n) is 3.02. The Labute approximate surface area is 128 Å². The number of ether oxygens (including phenoxy) is 2. The molecule has 2 rings (SSSR count). The number of nitrogens with one attached hydrogen (secondary N) is 2. The average molecular weight is 324 g/mol. The topological polar surface area (TPSA) is 97.5 Å². The molecule has 0 fully saturated rings. The van der Waals surface area contributed by atoms with Crippen LogP contribution in [-0.4, -0.2) is 33.6 Å². The zero-order chi connectivity index (χ0) is 16.2. The van der Waals surface area contributed by atoms with E-state index in [1.54, 1.807) is 24.3 Å². The number of rotatable bonds is 6. The molecule has 118 valence electrons. The lowest BCUT2D eigenvalue weighted by molar-refractivity contribution is 0.0595. The van der Waals surface area contributed by atoms with Crippen LogP contribution in [0.1, 0.15) is 16.1 Å². The van der Waals surface area contributed by atoms with Crippen molar-refractivity contribution in [3.05, 3.63) is 47.8 Å². The third-order valence-corrected chi connectivity index (χ3v) is 4.40. The van der Waals surface area contributed by atoms with Crippen LogP contribution in [0.15, 0.2) is 41.4 Å². The molecule has 7 nitrogen and oxygen atoms in total. The largest absolute Gasteiger partial charge is 0.496 e. The van der Waals surface area contributed by atoms with E-state index in [0.29, 0.717) is 11.3 Å². The van der Waals surface area contributed by atoms with Crippen LogP contribution in [0.25, 0.3) is 0 Å². The molecule has 0 atom stereocenters. The van der Waals surface area contributed by atoms with Gasteiger partial charge in [-0.3, -0.25) is 0 Å². The first-order chi connectivity index (χ1) is 10.5. The van der Waals surface area contributed by atoms with E-state index >= 15 is 0 Å². The van der Waals surface area contributed by atoms with Crippen molar-refractivity contribution >= 4 is 16.0 Å². The minimum atomic E-state index is -3.75. The molecule has 0 saturated carbocycles. The SMILES string of the molecule is COC(=O)c1cc(S(=O)(=O)NCc2ccccc2OC)c[nH]1. The number of H-pyrrole nitrogens is 1. The van der Waals surface area contributed by atoms with Gasteiger partial charge in [0.25, 0.3) is 0 Å². The number of carbonyl (C=O) groups excluding carboxylic acids is 1. The molecule has 8 heteroatoms. The van der Waals surface area contributed by atoms with Gasteiger partial charge in [-0.05, 0) is 12.1 Å². The highest BCUT2D eigenvalue weighted by Crippen LogP contribution is 2.18. The molecule has 0 aliphatic rings. The highest BCUT2D eigenvalue weighted by atomic mass is 32.2. The maximum Gasteiger partial charge on any atom is 0.354 e. The summed E-state index contributed by atoms with van der Waals surface area (Å²) in [5, 5.41) is 0. The van der Waals surface area contributed by atoms with Gasteiger partial charge < -0.3 is 14.5 Å². The normalized spacial score (nSPS) is 11.2. The molecule has 0 aliphatic carbocycles. The Balaban J connectivity index is 2.14. The number of para-hydroxylation sites is 1. The Hall–Kier alpha value is -2.32. The molecule has 22 heavy (non-hydrogen) atoms. The van der Waals surface area contributed by atoms with Crippen molar-refractivity contribution < 1.29 is 22.7 Å². The van der Waals surface area contributed by atoms with Crippen molar-refractivity contribution in [2.24, 2.45) is 0 Å². The Morgan fingerprint density at radius 1 is 1.27 bits per heavy atom. The van der Waals surface area contributed by atoms with Gasteiger partial charge in [-0.15, -0.1) is 0 Å². The predicted molar refractivity (Wildman–Crippen MR) is 79.2 cm³/mol. The van der Waals surface area contributed by atoms with Crippen LogP contribution >= 0.6 is 0 Å². The van der Waals surface area contributed by atoms with E-state index in [-0.39, 0.29) is 17.1 Å². The standard InChI is InChI=1S/C14H16N2O5S/c1-20-13-6-4-3-5-10(13)8-16-22(18,19)11-7-12(15-9-11)14(17)21-2/h3-7,9,15-16H,8H2,1-2H3. The zero-order valence-corrected chi connectivity index (χ0v) is 12.9. The summed E-state index contributed by atoms with van der Waals surface area (Å²) >= 11 is 0. The Bertz CT molecular complexity index is 767. The third kappa shape index (κ3) is 3.46. The van der Waals surface area contributed by atoms with Crippen LogP contribution in [0.5, 0.6) is 5.75 Å². The molecule has 0 saturated heterocycles. The lowest BCUT2D eigenvalue weighted by Gasteiger charge is -2.09. The van der Waals surface area contributed by atoms with E-state index in [2.05, 4.69) is 14.4 Å². The minimum absolute atomic E-state index is 0.0391. The van der Waals surface area contributed by atoms with E-state index in [9.17, 15) is 13.2 Å². The van der Waals surface area contributed by atoms with Crippen LogP contribution in [0.3, 0.4) is 0 Å². The smallest absolute Gasteiger partial charge is 0.354 e. The van der Waals surface area contributed by atoms with Crippen LogP contribution in [0.2, 0.25) is 0 Å². The van der Waals surface area contributed by atoms with E-state index in [1.165, 1.54) is 26.5 Å². The first kappa shape index (κ1) is 16.1. The van der Waals surface area contributed by atoms with Crippen molar-refractivity contribution in [2.45, 2.75) is 11.4 Å². The molecule has 2 aromatic rings. The number of sulfonamides is 1. The van der Waals surface area contributed by atoms with E-state index < -0.39 is 16.0 Å². The summed E-state index contributed by atoms with van der Waals surface area (Å²) in [5.41, 5.74) is 0.775. The molecular weight excluding hydrogens is 308 g/mol. The van der Waals surface area contributed by atoms with Gasteiger partial charge in [-0.2, -0.15) is 0 Å². The number of esters is 1. The summed E-state index contributed by atoms with van der Waals surface area (Å²) < 4.78 is 36.6. The maximum absolute atomic E-state index is 12.2. The first-order valence-electron chi connectivity index (χ1n) is 6.36. The highest BCUT2D eigenvalue weighted by molar-refractivity contribution is 7.89. The maximum atomic E-state index is 12.2. The lowest BCUT2D eigenvalue weighted by atomic mass is 10.2. The molecule has 1 aromatic carbocycles. The van der Waals surface area contributed by atoms with Crippen LogP contribution in [-0.2, 0) is 21.3 Å². The summed E-state index contributed by atoms with van der Waals surface area (Å²) in [7, 11) is -1.01. The Morgan fingerprint density at radius 3 is 2.68 bits per heavy atom. The van der Waals surface area contributed by atoms with E-state index in [4.69, 9.17) is 4.74 Å². The van der Waals surface area contributed by atoms with E-state index in [0.717, 1.165) is 0 Å². The summed E-state index contributed by atoms with van der Waals surface area (Å²) in [6.45, 7) is 0.0745. The fraction of sp³-hybridized carbons (Fsp3) is 0.214. The van der Waals surface area contributed by atoms with Crippen molar-refractivity contribution in [1.82, 2.24) is 9.71 Å². The average Bonchev–Trinajstić information content (AvgIpc) is 3.03. The predicted octanol–water partition coefficient (Wildman–Crippen LogP) is 1.29. The zero-order valence-electron chi connectivity index (χ0n) is 12.1. The van der Waals surface area contributed by atoms with Crippen LogP contribution in [0, 0.1) is 0 Å². The second kappa shape index (κ2) is 6.63. The summed E-state index contributed by atoms with van der Waals surface area (Å²) in [4.78, 5) is 13.9. The van der Waals surface area contributed by atoms with Crippen molar-refractivity contribution in [2.75, 3.05) is 14.2 Å². The van der Waals surface area contributed by atoms with Gasteiger partial charge in [0, 0.05) is 18.3 Å². The van der Waals surface area contributed by atoms with E-state index in [1.807, 2.05) is 0 Å². The number of hydrogen-bond donors (Lipinski definition) is 2. The summed E-state index contributed by atoms with van der Waals surface area (Å²) in [5.74, 6) is -0.0410. The number of hydrogen-bond acceptors (Lipinski definition) is 5. The van der Waals surface area contributed by atoms with Gasteiger partial charge in [-0.1, -0.05) is 18.2 Å². The summed E-state index contributed by atoms with van der Waals surface area (Å²) in [6, 6.07) is 8.31. The fourth-order valence-corrected chi connectivity index (χ4v) is 2.86. The van der Waals surface area contributed by atoms with Gasteiger partial charge in [0.05, 0.1) is 14.2 Å². The fourth-order valence-electron chi connectivity index (χ4n) is 1.86. The monoisotopic (exact) mass is 324 g/mol. The van der Waals surface area contributed by atoms with Gasteiger partial charge in [0.2, 0.25) is 10.0 Å². The molecular formula is C14H16N2O5S. The molecule has 0 aliphatic heterocycles. The number of benzene rings is 1. The molecule has 0 radical (unpaired) electrons. The van der Waals surface area contributed by atoms with Gasteiger partial charge in [-0.25, -0.2) is 17.9 Å². The molecule has 0 bridgehead atoms. The van der Waals surface area contributed by atoms with Crippen LogP contribution in [0.4, 0.5) is 0 Å². The summed E-state index contributed by atoms with van der Waals surface area (Å²) in [6.07, 6.45) is 1.23. The second-order valence-corrected chi connectivity index (χ2v) is 6.14. The van der Waals surface area contributed by atoms with Crippen molar-refractivity contribution in [3.63, 3.8) is 0 Å². The minimum Gasteiger partial charge on any atom is -0.496 e. The molecule has 0 unspecified atom stereocenters. The van der Waals surface area contributed by atoms with Gasteiger partial charge in [0.15, 0.2) is 0 Å². The number of methoxy groups -OCH3 is 2. The van der Waals surface area contributed by atoms with Crippen LogP contribution < -0.4 is 9.46 Å². The number of aromatic nitrogens is 1. The Morgan fingerprint density at radius 2 is 2.00 bits per heavy atom. The number of aromatic amines is 1. The van der Waals surface area contributed by atoms with Crippen molar-refractivity contribution in [3.8, 4) is 5.75 Å². The molecule has 1 heterocycles. The molecule has 2 N–H and O–H groups in total. The highest BCUT2D eigenvalue weighted by Gasteiger charge is 2.19. The lowest BCUT2D eigenvalue weighted by Crippen LogP contribution is -2.23. The Kier molecular flexibility index (Phi) is 4.84. The molecule has 0 spiro atoms. The quantitative estimate of drug-likeness (QED) is 0.780. The molecule has 0 amide bonds. The van der Waals surface area contributed by atoms with Crippen molar-refractivity contribution in [1.29, 1.82) is 0 Å². The first-order valence-corrected chi connectivity index (χ1v) is 7.84. The molecule has 1 aromatic heterocycles. The number of carbonyl (C=O) groups is 1. The second-order valence-electron chi connectivity index (χ2n) is 4.38.